The van der Waals surface area contributed by atoms with Gasteiger partial charge in [0.2, 0.25) is 0 Å². The SMILES string of the molecule is COc1ccc(/C(O)=C2/C(=O)C(=O)N(c3ccc(OC(C)C)cc3)C2c2ccc(C(C)(C)C)cc2)c(C)c1. The van der Waals surface area contributed by atoms with E-state index in [9.17, 15) is 14.7 Å². The van der Waals surface area contributed by atoms with Gasteiger partial charge in [-0.2, -0.15) is 0 Å². The van der Waals surface area contributed by atoms with Crippen LogP contribution in [-0.4, -0.2) is 30.0 Å². The van der Waals surface area contributed by atoms with E-state index < -0.39 is 17.7 Å². The number of hydrogen-bond donors (Lipinski definition) is 1. The maximum absolute atomic E-state index is 13.5. The lowest BCUT2D eigenvalue weighted by Gasteiger charge is -2.27. The number of hydrogen-bond acceptors (Lipinski definition) is 5. The van der Waals surface area contributed by atoms with Crippen LogP contribution in [0.1, 0.15) is 62.9 Å². The maximum atomic E-state index is 13.5. The number of methoxy groups -OCH3 is 1. The molecule has 1 saturated heterocycles. The lowest BCUT2D eigenvalue weighted by Crippen LogP contribution is -2.29. The second-order valence-electron chi connectivity index (χ2n) is 10.9. The number of aryl methyl sites for hydroxylation is 1. The molecule has 0 bridgehead atoms. The highest BCUT2D eigenvalue weighted by Gasteiger charge is 2.47. The number of benzene rings is 3. The van der Waals surface area contributed by atoms with Gasteiger partial charge in [-0.3, -0.25) is 14.5 Å². The summed E-state index contributed by atoms with van der Waals surface area (Å²) in [4.78, 5) is 28.4. The van der Waals surface area contributed by atoms with Crippen LogP contribution in [0.15, 0.2) is 72.3 Å². The molecule has 38 heavy (non-hydrogen) atoms. The van der Waals surface area contributed by atoms with E-state index in [0.717, 1.165) is 16.7 Å². The highest BCUT2D eigenvalue weighted by atomic mass is 16.5. The summed E-state index contributed by atoms with van der Waals surface area (Å²) in [5.41, 5.74) is 3.58. The second kappa shape index (κ2) is 10.4. The van der Waals surface area contributed by atoms with Crippen LogP contribution in [0.3, 0.4) is 0 Å². The van der Waals surface area contributed by atoms with Crippen molar-refractivity contribution >= 4 is 23.1 Å². The first kappa shape index (κ1) is 27.0. The summed E-state index contributed by atoms with van der Waals surface area (Å²) in [5, 5.41) is 11.5. The Balaban J connectivity index is 1.89. The van der Waals surface area contributed by atoms with Gasteiger partial charge in [0.1, 0.15) is 17.3 Å². The van der Waals surface area contributed by atoms with E-state index in [-0.39, 0.29) is 22.9 Å². The van der Waals surface area contributed by atoms with E-state index in [1.165, 1.54) is 4.90 Å². The number of aliphatic hydroxyl groups is 1. The number of aliphatic hydroxyl groups excluding tert-OH is 1. The first-order valence-corrected chi connectivity index (χ1v) is 12.8. The number of ether oxygens (including phenoxy) is 2. The number of carbonyl (C=O) groups is 2. The van der Waals surface area contributed by atoms with Crippen molar-refractivity contribution in [2.45, 2.75) is 59.1 Å². The Kier molecular flexibility index (Phi) is 7.36. The van der Waals surface area contributed by atoms with Crippen LogP contribution >= 0.6 is 0 Å². The van der Waals surface area contributed by atoms with Gasteiger partial charge in [-0.15, -0.1) is 0 Å². The number of Topliss-reactive ketones (excluding diaryl/α,β-unsaturated/α-hetero) is 1. The van der Waals surface area contributed by atoms with Gasteiger partial charge < -0.3 is 14.6 Å². The number of nitrogens with zero attached hydrogens (tertiary/aromatic N) is 1. The van der Waals surface area contributed by atoms with Gasteiger partial charge in [0.05, 0.1) is 24.8 Å². The van der Waals surface area contributed by atoms with Crippen molar-refractivity contribution in [3.63, 3.8) is 0 Å². The fourth-order valence-electron chi connectivity index (χ4n) is 4.71. The summed E-state index contributed by atoms with van der Waals surface area (Å²) >= 11 is 0. The van der Waals surface area contributed by atoms with Crippen LogP contribution in [0.25, 0.3) is 5.76 Å². The van der Waals surface area contributed by atoms with Crippen molar-refractivity contribution in [1.82, 2.24) is 0 Å². The molecule has 3 aromatic rings. The molecular formula is C32H35NO5. The Morgan fingerprint density at radius 1 is 0.921 bits per heavy atom. The Labute approximate surface area is 224 Å². The summed E-state index contributed by atoms with van der Waals surface area (Å²) in [6.07, 6.45) is 0.00384. The molecule has 1 N–H and O–H groups in total. The summed E-state index contributed by atoms with van der Waals surface area (Å²) in [7, 11) is 1.57. The number of carbonyl (C=O) groups excluding carboxylic acids is 2. The van der Waals surface area contributed by atoms with Crippen molar-refractivity contribution in [3.05, 3.63) is 94.6 Å². The normalized spacial score (nSPS) is 17.3. The number of amides is 1. The monoisotopic (exact) mass is 513 g/mol. The first-order valence-electron chi connectivity index (χ1n) is 12.8. The summed E-state index contributed by atoms with van der Waals surface area (Å²) in [6.45, 7) is 12.1. The third kappa shape index (κ3) is 5.17. The number of anilines is 1. The van der Waals surface area contributed by atoms with Crippen molar-refractivity contribution in [2.75, 3.05) is 12.0 Å². The Morgan fingerprint density at radius 2 is 1.53 bits per heavy atom. The Morgan fingerprint density at radius 3 is 2.05 bits per heavy atom. The van der Waals surface area contributed by atoms with E-state index in [2.05, 4.69) is 20.8 Å². The molecule has 0 spiro atoms. The molecule has 6 heteroatoms. The summed E-state index contributed by atoms with van der Waals surface area (Å²) in [6, 6.07) is 19.4. The second-order valence-corrected chi connectivity index (χ2v) is 10.9. The molecule has 1 unspecified atom stereocenters. The number of rotatable bonds is 6. The highest BCUT2D eigenvalue weighted by molar-refractivity contribution is 6.51. The topological polar surface area (TPSA) is 76.1 Å². The molecule has 1 aliphatic rings. The molecule has 0 radical (unpaired) electrons. The quantitative estimate of drug-likeness (QED) is 0.225. The van der Waals surface area contributed by atoms with Crippen LogP contribution < -0.4 is 14.4 Å². The smallest absolute Gasteiger partial charge is 0.300 e. The van der Waals surface area contributed by atoms with E-state index in [1.54, 1.807) is 49.6 Å². The zero-order valence-electron chi connectivity index (χ0n) is 23.0. The average Bonchev–Trinajstić information content (AvgIpc) is 3.13. The minimum absolute atomic E-state index is 0.00384. The minimum Gasteiger partial charge on any atom is -0.507 e. The van der Waals surface area contributed by atoms with Gasteiger partial charge in [-0.25, -0.2) is 0 Å². The van der Waals surface area contributed by atoms with Gasteiger partial charge in [0.25, 0.3) is 11.7 Å². The predicted molar refractivity (Wildman–Crippen MR) is 150 cm³/mol. The van der Waals surface area contributed by atoms with Crippen LogP contribution in [0.2, 0.25) is 0 Å². The molecule has 3 aromatic carbocycles. The van der Waals surface area contributed by atoms with Gasteiger partial charge in [-0.05, 0) is 85.3 Å². The maximum Gasteiger partial charge on any atom is 0.300 e. The van der Waals surface area contributed by atoms with Crippen molar-refractivity contribution in [3.8, 4) is 11.5 Å². The molecule has 4 rings (SSSR count). The molecule has 1 atom stereocenters. The van der Waals surface area contributed by atoms with Crippen molar-refractivity contribution < 1.29 is 24.2 Å². The summed E-state index contributed by atoms with van der Waals surface area (Å²) in [5.74, 6) is -0.335. The Bertz CT molecular complexity index is 1380. The van der Waals surface area contributed by atoms with Crippen LogP contribution in [-0.2, 0) is 15.0 Å². The standard InChI is InChI=1S/C32H35NO5/c1-19(2)38-24-14-12-23(13-15-24)33-28(21-8-10-22(11-9-21)32(4,5)6)27(30(35)31(33)36)29(34)26-17-16-25(37-7)18-20(26)3/h8-19,28,34H,1-7H3/b29-27-. The van der Waals surface area contributed by atoms with E-state index >= 15 is 0 Å². The van der Waals surface area contributed by atoms with Gasteiger partial charge in [0.15, 0.2) is 0 Å². The lowest BCUT2D eigenvalue weighted by atomic mass is 9.85. The molecule has 1 amide bonds. The molecule has 1 heterocycles. The van der Waals surface area contributed by atoms with E-state index in [1.807, 2.05) is 45.0 Å². The average molecular weight is 514 g/mol. The molecule has 1 aliphatic heterocycles. The predicted octanol–water partition coefficient (Wildman–Crippen LogP) is 6.71. The molecule has 1 fully saturated rings. The summed E-state index contributed by atoms with van der Waals surface area (Å²) < 4.78 is 11.0. The molecule has 6 nitrogen and oxygen atoms in total. The molecule has 0 saturated carbocycles. The van der Waals surface area contributed by atoms with Crippen molar-refractivity contribution in [2.24, 2.45) is 0 Å². The van der Waals surface area contributed by atoms with Crippen LogP contribution in [0, 0.1) is 6.92 Å². The van der Waals surface area contributed by atoms with E-state index in [4.69, 9.17) is 9.47 Å². The zero-order valence-corrected chi connectivity index (χ0v) is 23.0. The highest BCUT2D eigenvalue weighted by Crippen LogP contribution is 2.43. The zero-order chi connectivity index (χ0) is 27.8. The minimum atomic E-state index is -0.803. The van der Waals surface area contributed by atoms with Gasteiger partial charge >= 0.3 is 0 Å². The molecule has 0 aromatic heterocycles. The van der Waals surface area contributed by atoms with Gasteiger partial charge in [0, 0.05) is 11.3 Å². The van der Waals surface area contributed by atoms with Crippen LogP contribution in [0.4, 0.5) is 5.69 Å². The first-order chi connectivity index (χ1) is 17.9. The fraction of sp³-hybridized carbons (Fsp3) is 0.312. The third-order valence-corrected chi connectivity index (χ3v) is 6.71. The van der Waals surface area contributed by atoms with Crippen molar-refractivity contribution in [1.29, 1.82) is 0 Å². The largest absolute Gasteiger partial charge is 0.507 e. The van der Waals surface area contributed by atoms with Crippen LogP contribution in [0.5, 0.6) is 11.5 Å². The Hall–Kier alpha value is -4.06. The third-order valence-electron chi connectivity index (χ3n) is 6.71. The van der Waals surface area contributed by atoms with Gasteiger partial charge in [-0.1, -0.05) is 45.0 Å². The number of ketones is 1. The van der Waals surface area contributed by atoms with E-state index in [0.29, 0.717) is 22.7 Å². The molecule has 198 valence electrons. The molecular weight excluding hydrogens is 478 g/mol. The fourth-order valence-corrected chi connectivity index (χ4v) is 4.71. The lowest BCUT2D eigenvalue weighted by molar-refractivity contribution is -0.132. The molecule has 0 aliphatic carbocycles.